The van der Waals surface area contributed by atoms with E-state index in [0.717, 1.165) is 31.0 Å². The summed E-state index contributed by atoms with van der Waals surface area (Å²) in [7, 11) is 1.80. The molecular weight excluding hydrogens is 512 g/mol. The number of nitriles is 1. The maximum atomic E-state index is 13.7. The summed E-state index contributed by atoms with van der Waals surface area (Å²) < 4.78 is 3.18. The first-order chi connectivity index (χ1) is 17.9. The van der Waals surface area contributed by atoms with E-state index in [1.54, 1.807) is 25.2 Å². The monoisotopic (exact) mass is 530 g/mol. The molecule has 0 aliphatic rings. The number of hydrogen-bond acceptors (Lipinski definition) is 9. The van der Waals surface area contributed by atoms with Gasteiger partial charge in [0.15, 0.2) is 5.13 Å². The Hall–Kier alpha value is -4.53. The zero-order valence-corrected chi connectivity index (χ0v) is 21.3. The molecule has 0 aliphatic heterocycles. The molecule has 12 heteroatoms. The van der Waals surface area contributed by atoms with Gasteiger partial charge in [0.25, 0.3) is 0 Å². The highest BCUT2D eigenvalue weighted by Crippen LogP contribution is 2.29. The fourth-order valence-electron chi connectivity index (χ4n) is 3.80. The van der Waals surface area contributed by atoms with Crippen molar-refractivity contribution in [1.29, 1.82) is 5.26 Å². The van der Waals surface area contributed by atoms with Crippen LogP contribution in [0.4, 0.5) is 16.8 Å². The first-order valence-electron chi connectivity index (χ1n) is 11.1. The molecule has 0 radical (unpaired) electrons. The number of aromatic nitrogens is 5. The lowest BCUT2D eigenvalue weighted by Gasteiger charge is -2.17. The van der Waals surface area contributed by atoms with E-state index in [1.807, 2.05) is 25.1 Å². The molecule has 10 nitrogen and oxygen atoms in total. The van der Waals surface area contributed by atoms with E-state index in [1.165, 1.54) is 34.4 Å². The lowest BCUT2D eigenvalue weighted by molar-refractivity contribution is 0.656. The molecule has 37 heavy (non-hydrogen) atoms. The van der Waals surface area contributed by atoms with Gasteiger partial charge in [0.2, 0.25) is 5.95 Å². The molecule has 0 fully saturated rings. The lowest BCUT2D eigenvalue weighted by Crippen LogP contribution is -2.41. The van der Waals surface area contributed by atoms with Crippen LogP contribution in [0.25, 0.3) is 15.9 Å². The Labute approximate surface area is 219 Å². The summed E-state index contributed by atoms with van der Waals surface area (Å²) in [5.74, 6) is 0.0562. The number of nitrogens with one attached hydrogen (secondary N) is 2. The van der Waals surface area contributed by atoms with Gasteiger partial charge < -0.3 is 10.6 Å². The number of thiazole rings is 1. The van der Waals surface area contributed by atoms with Crippen LogP contribution in [0, 0.1) is 18.3 Å². The minimum atomic E-state index is -0.786. The van der Waals surface area contributed by atoms with Gasteiger partial charge in [-0.15, -0.1) is 0 Å². The van der Waals surface area contributed by atoms with Crippen LogP contribution in [-0.2, 0) is 6.54 Å². The Bertz CT molecular complexity index is 1820. The molecule has 5 rings (SSSR count). The average Bonchev–Trinajstić information content (AvgIpc) is 3.30. The van der Waals surface area contributed by atoms with Crippen LogP contribution in [0.15, 0.2) is 64.4 Å². The number of hydrogen-bond donors (Lipinski definition) is 2. The van der Waals surface area contributed by atoms with Crippen molar-refractivity contribution in [3.63, 3.8) is 0 Å². The number of fused-ring (bicyclic) bond motifs is 1. The number of benzene rings is 2. The number of halogens is 1. The molecule has 0 aliphatic carbocycles. The second-order valence-corrected chi connectivity index (χ2v) is 9.58. The SMILES string of the molecule is CNc1nc2ccc(Nc3nc(=O)n(-c4cncc(Cl)c4)c(=O)n3Cc3cc(C#N)ccc3C)cc2s1. The summed E-state index contributed by atoms with van der Waals surface area (Å²) in [4.78, 5) is 39.5. The second kappa shape index (κ2) is 9.85. The molecule has 0 saturated heterocycles. The van der Waals surface area contributed by atoms with Crippen LogP contribution in [0.2, 0.25) is 5.02 Å². The van der Waals surface area contributed by atoms with Crippen molar-refractivity contribution in [3.8, 4) is 11.8 Å². The standard InChI is InChI=1S/C25H19ClN8O2S/c1-14-3-4-15(10-27)7-16(14)13-33-22(30-18-5-6-20-21(9-18)37-23(28-2)31-20)32-24(35)34(25(33)36)19-8-17(26)11-29-12-19/h3-9,11-12H,13H2,1-2H3,(H,28,31)(H,30,32,35). The Morgan fingerprint density at radius 2 is 1.95 bits per heavy atom. The summed E-state index contributed by atoms with van der Waals surface area (Å²) in [6.07, 6.45) is 2.77. The van der Waals surface area contributed by atoms with Gasteiger partial charge in [-0.1, -0.05) is 29.0 Å². The van der Waals surface area contributed by atoms with Gasteiger partial charge in [0.1, 0.15) is 0 Å². The molecule has 3 aromatic heterocycles. The molecule has 5 aromatic rings. The van der Waals surface area contributed by atoms with Crippen molar-refractivity contribution in [2.24, 2.45) is 0 Å². The highest BCUT2D eigenvalue weighted by atomic mass is 35.5. The minimum Gasteiger partial charge on any atom is -0.365 e. The molecule has 3 heterocycles. The van der Waals surface area contributed by atoms with Crippen molar-refractivity contribution in [3.05, 3.63) is 97.5 Å². The molecule has 0 atom stereocenters. The molecule has 0 spiro atoms. The number of nitrogens with zero attached hydrogens (tertiary/aromatic N) is 6. The van der Waals surface area contributed by atoms with Gasteiger partial charge in [0, 0.05) is 18.9 Å². The van der Waals surface area contributed by atoms with E-state index in [4.69, 9.17) is 11.6 Å². The van der Waals surface area contributed by atoms with Crippen molar-refractivity contribution >= 4 is 49.9 Å². The Kier molecular flexibility index (Phi) is 6.43. The fraction of sp³-hybridized carbons (Fsp3) is 0.120. The van der Waals surface area contributed by atoms with E-state index in [-0.39, 0.29) is 23.2 Å². The van der Waals surface area contributed by atoms with Crippen molar-refractivity contribution in [2.75, 3.05) is 17.7 Å². The third-order valence-electron chi connectivity index (χ3n) is 5.68. The summed E-state index contributed by atoms with van der Waals surface area (Å²) in [6.45, 7) is 1.95. The maximum absolute atomic E-state index is 13.7. The van der Waals surface area contributed by atoms with Gasteiger partial charge in [-0.3, -0.25) is 9.55 Å². The normalized spacial score (nSPS) is 10.9. The zero-order chi connectivity index (χ0) is 26.1. The maximum Gasteiger partial charge on any atom is 0.359 e. The summed E-state index contributed by atoms with van der Waals surface area (Å²) in [6, 6.07) is 14.3. The number of rotatable bonds is 6. The number of pyridine rings is 1. The van der Waals surface area contributed by atoms with Crippen LogP contribution in [0.5, 0.6) is 0 Å². The van der Waals surface area contributed by atoms with Gasteiger partial charge in [0.05, 0.1) is 45.3 Å². The highest BCUT2D eigenvalue weighted by molar-refractivity contribution is 7.22. The third-order valence-corrected chi connectivity index (χ3v) is 6.93. The summed E-state index contributed by atoms with van der Waals surface area (Å²) in [5, 5.41) is 16.6. The predicted molar refractivity (Wildman–Crippen MR) is 144 cm³/mol. The molecule has 0 bridgehead atoms. The number of anilines is 3. The quantitative estimate of drug-likeness (QED) is 0.336. The first kappa shape index (κ1) is 24.2. The minimum absolute atomic E-state index is 0.0562. The summed E-state index contributed by atoms with van der Waals surface area (Å²) in [5.41, 5.74) is 2.29. The highest BCUT2D eigenvalue weighted by Gasteiger charge is 2.17. The molecule has 2 aromatic carbocycles. The van der Waals surface area contributed by atoms with E-state index in [9.17, 15) is 14.9 Å². The smallest absolute Gasteiger partial charge is 0.359 e. The molecule has 0 unspecified atom stereocenters. The van der Waals surface area contributed by atoms with Gasteiger partial charge in [-0.25, -0.2) is 19.1 Å². The van der Waals surface area contributed by atoms with Crippen LogP contribution in [-0.4, -0.2) is 31.1 Å². The largest absolute Gasteiger partial charge is 0.365 e. The Balaban J connectivity index is 1.67. The lowest BCUT2D eigenvalue weighted by atomic mass is 10.1. The summed E-state index contributed by atoms with van der Waals surface area (Å²) >= 11 is 7.54. The zero-order valence-electron chi connectivity index (χ0n) is 19.7. The Morgan fingerprint density at radius 3 is 2.70 bits per heavy atom. The second-order valence-electron chi connectivity index (χ2n) is 8.11. The van der Waals surface area contributed by atoms with E-state index >= 15 is 0 Å². The van der Waals surface area contributed by atoms with Crippen molar-refractivity contribution in [2.45, 2.75) is 13.5 Å². The van der Waals surface area contributed by atoms with Gasteiger partial charge in [-0.2, -0.15) is 10.2 Å². The molecular formula is C25H19ClN8O2S. The van der Waals surface area contributed by atoms with Crippen molar-refractivity contribution in [1.82, 2.24) is 24.1 Å². The van der Waals surface area contributed by atoms with Crippen LogP contribution >= 0.6 is 22.9 Å². The van der Waals surface area contributed by atoms with E-state index in [2.05, 4.69) is 31.7 Å². The first-order valence-corrected chi connectivity index (χ1v) is 12.3. The van der Waals surface area contributed by atoms with E-state index < -0.39 is 11.4 Å². The third kappa shape index (κ3) is 4.80. The van der Waals surface area contributed by atoms with Crippen LogP contribution in [0.3, 0.4) is 0 Å². The molecule has 2 N–H and O–H groups in total. The van der Waals surface area contributed by atoms with Crippen LogP contribution < -0.4 is 22.0 Å². The topological polar surface area (TPSA) is 131 Å². The van der Waals surface area contributed by atoms with Crippen LogP contribution in [0.1, 0.15) is 16.7 Å². The van der Waals surface area contributed by atoms with Gasteiger partial charge >= 0.3 is 11.4 Å². The van der Waals surface area contributed by atoms with Crippen molar-refractivity contribution < 1.29 is 0 Å². The molecule has 184 valence electrons. The Morgan fingerprint density at radius 1 is 1.11 bits per heavy atom. The average molecular weight is 531 g/mol. The molecule has 0 amide bonds. The van der Waals surface area contributed by atoms with Gasteiger partial charge in [-0.05, 0) is 54.4 Å². The molecule has 0 saturated carbocycles. The fourth-order valence-corrected chi connectivity index (χ4v) is 4.82. The van der Waals surface area contributed by atoms with E-state index in [0.29, 0.717) is 11.3 Å². The number of aryl methyl sites for hydroxylation is 1. The predicted octanol–water partition coefficient (Wildman–Crippen LogP) is 4.07.